The molecule has 0 spiro atoms. The number of unbranched alkanes of at least 4 members (excludes halogenated alkanes) is 19. The Bertz CT molecular complexity index is 940. The Morgan fingerprint density at radius 3 is 1.86 bits per heavy atom. The van der Waals surface area contributed by atoms with Gasteiger partial charge in [-0.3, -0.25) is 14.4 Å². The molecular weight excluding hydrogens is 628 g/mol. The van der Waals surface area contributed by atoms with Crippen LogP contribution in [0.25, 0.3) is 0 Å². The standard InChI is InChI=1S/C43H74O7/c1-3-5-7-8-9-10-11-12-13-14-15-16-17-18-19-20-25-29-42(47)49-36-39(35-44)50-43(48)30-26-22-21-24-27-37-31-34-41(46)40(37)33-32-38(45)28-23-6-4-2/h21,24,31-34,37-40,44-45H,3-20,22-23,25-30,35-36H2,1-2H3/b24-21-,33-32+/t37-,38-,39-,40+/m0/s1. The Balaban J connectivity index is 2.04. The summed E-state index contributed by atoms with van der Waals surface area (Å²) in [5.74, 6) is -0.829. The van der Waals surface area contributed by atoms with Crippen LogP contribution in [0.5, 0.6) is 0 Å². The normalized spacial score (nSPS) is 17.2. The molecule has 0 heterocycles. The minimum atomic E-state index is -0.848. The van der Waals surface area contributed by atoms with Crippen molar-refractivity contribution >= 4 is 17.7 Å². The zero-order valence-corrected chi connectivity index (χ0v) is 32.0. The summed E-state index contributed by atoms with van der Waals surface area (Å²) in [6.07, 6.45) is 38.3. The summed E-state index contributed by atoms with van der Waals surface area (Å²) in [7, 11) is 0. The monoisotopic (exact) mass is 703 g/mol. The minimum Gasteiger partial charge on any atom is -0.462 e. The van der Waals surface area contributed by atoms with Crippen LogP contribution in [0.3, 0.4) is 0 Å². The molecule has 0 radical (unpaired) electrons. The first-order chi connectivity index (χ1) is 24.4. The van der Waals surface area contributed by atoms with E-state index in [1.165, 1.54) is 89.9 Å². The van der Waals surface area contributed by atoms with Crippen LogP contribution in [-0.2, 0) is 23.9 Å². The predicted octanol–water partition coefficient (Wildman–Crippen LogP) is 10.5. The van der Waals surface area contributed by atoms with Gasteiger partial charge in [0.05, 0.1) is 12.7 Å². The maximum Gasteiger partial charge on any atom is 0.306 e. The van der Waals surface area contributed by atoms with Gasteiger partial charge >= 0.3 is 11.9 Å². The third-order valence-electron chi connectivity index (χ3n) is 9.68. The lowest BCUT2D eigenvalue weighted by molar-refractivity contribution is -0.161. The lowest BCUT2D eigenvalue weighted by Crippen LogP contribution is -2.28. The molecule has 288 valence electrons. The highest BCUT2D eigenvalue weighted by molar-refractivity contribution is 5.95. The second-order valence-corrected chi connectivity index (χ2v) is 14.4. The number of hydrogen-bond acceptors (Lipinski definition) is 7. The fraction of sp³-hybridized carbons (Fsp3) is 0.791. The van der Waals surface area contributed by atoms with Crippen LogP contribution in [0.2, 0.25) is 0 Å². The Morgan fingerprint density at radius 2 is 1.28 bits per heavy atom. The van der Waals surface area contributed by atoms with Gasteiger partial charge in [0.2, 0.25) is 0 Å². The number of rotatable bonds is 34. The minimum absolute atomic E-state index is 0.0719. The van der Waals surface area contributed by atoms with Gasteiger partial charge in [0.15, 0.2) is 11.9 Å². The quantitative estimate of drug-likeness (QED) is 0.0390. The number of hydrogen-bond donors (Lipinski definition) is 2. The van der Waals surface area contributed by atoms with Crippen molar-refractivity contribution in [1.82, 2.24) is 0 Å². The molecule has 0 aromatic rings. The molecule has 0 saturated heterocycles. The number of aliphatic hydroxyl groups is 2. The molecule has 4 atom stereocenters. The first kappa shape index (κ1) is 45.8. The van der Waals surface area contributed by atoms with E-state index in [1.54, 1.807) is 12.2 Å². The van der Waals surface area contributed by atoms with E-state index in [0.717, 1.165) is 44.9 Å². The van der Waals surface area contributed by atoms with Gasteiger partial charge in [-0.05, 0) is 44.1 Å². The molecule has 7 heteroatoms. The lowest BCUT2D eigenvalue weighted by atomic mass is 9.90. The highest BCUT2D eigenvalue weighted by atomic mass is 16.6. The van der Waals surface area contributed by atoms with Crippen LogP contribution in [0.4, 0.5) is 0 Å². The molecule has 0 unspecified atom stereocenters. The van der Waals surface area contributed by atoms with Gasteiger partial charge in [0, 0.05) is 18.8 Å². The zero-order valence-electron chi connectivity index (χ0n) is 32.0. The van der Waals surface area contributed by atoms with Crippen LogP contribution in [0.15, 0.2) is 36.5 Å². The van der Waals surface area contributed by atoms with Crippen molar-refractivity contribution in [1.29, 1.82) is 0 Å². The third kappa shape index (κ3) is 25.7. The number of aliphatic hydroxyl groups excluding tert-OH is 2. The van der Waals surface area contributed by atoms with Gasteiger partial charge in [0.1, 0.15) is 6.61 Å². The van der Waals surface area contributed by atoms with Gasteiger partial charge in [-0.2, -0.15) is 0 Å². The van der Waals surface area contributed by atoms with Gasteiger partial charge in [-0.1, -0.05) is 166 Å². The molecule has 0 fully saturated rings. The van der Waals surface area contributed by atoms with E-state index >= 15 is 0 Å². The second-order valence-electron chi connectivity index (χ2n) is 14.4. The van der Waals surface area contributed by atoms with E-state index in [9.17, 15) is 24.6 Å². The molecule has 1 rings (SSSR count). The van der Waals surface area contributed by atoms with Crippen LogP contribution < -0.4 is 0 Å². The molecule has 1 aliphatic rings. The van der Waals surface area contributed by atoms with Crippen LogP contribution in [-0.4, -0.2) is 53.4 Å². The van der Waals surface area contributed by atoms with E-state index in [1.807, 2.05) is 24.3 Å². The summed E-state index contributed by atoms with van der Waals surface area (Å²) in [4.78, 5) is 36.7. The Kier molecular flexibility index (Phi) is 29.9. The van der Waals surface area contributed by atoms with Crippen molar-refractivity contribution in [3.8, 4) is 0 Å². The summed E-state index contributed by atoms with van der Waals surface area (Å²) in [5.41, 5.74) is 0. The summed E-state index contributed by atoms with van der Waals surface area (Å²) < 4.78 is 10.6. The van der Waals surface area contributed by atoms with Gasteiger partial charge in [-0.15, -0.1) is 0 Å². The molecule has 0 bridgehead atoms. The molecule has 1 aliphatic carbocycles. The molecule has 7 nitrogen and oxygen atoms in total. The molecular formula is C43H74O7. The van der Waals surface area contributed by atoms with E-state index in [2.05, 4.69) is 13.8 Å². The molecule has 0 aromatic carbocycles. The first-order valence-electron chi connectivity index (χ1n) is 20.6. The molecule has 0 saturated carbocycles. The number of ketones is 1. The fourth-order valence-electron chi connectivity index (χ4n) is 6.43. The van der Waals surface area contributed by atoms with E-state index in [-0.39, 0.29) is 36.6 Å². The summed E-state index contributed by atoms with van der Waals surface area (Å²) in [5, 5.41) is 19.8. The summed E-state index contributed by atoms with van der Waals surface area (Å²) in [6, 6.07) is 0. The Hall–Kier alpha value is -2.25. The number of ether oxygens (including phenoxy) is 2. The van der Waals surface area contributed by atoms with Crippen LogP contribution in [0.1, 0.15) is 181 Å². The summed E-state index contributed by atoms with van der Waals surface area (Å²) >= 11 is 0. The predicted molar refractivity (Wildman–Crippen MR) is 205 cm³/mol. The van der Waals surface area contributed by atoms with Crippen molar-refractivity contribution < 1.29 is 34.1 Å². The maximum absolute atomic E-state index is 12.3. The second kappa shape index (κ2) is 32.6. The van der Waals surface area contributed by atoms with Crippen molar-refractivity contribution in [2.45, 2.75) is 193 Å². The Morgan fingerprint density at radius 1 is 0.740 bits per heavy atom. The average molecular weight is 703 g/mol. The molecule has 0 amide bonds. The number of allylic oxidation sites excluding steroid dienone is 5. The highest BCUT2D eigenvalue weighted by Crippen LogP contribution is 2.27. The highest BCUT2D eigenvalue weighted by Gasteiger charge is 2.27. The average Bonchev–Trinajstić information content (AvgIpc) is 3.46. The first-order valence-corrected chi connectivity index (χ1v) is 20.6. The van der Waals surface area contributed by atoms with Crippen molar-refractivity contribution in [3.63, 3.8) is 0 Å². The van der Waals surface area contributed by atoms with Crippen LogP contribution in [0, 0.1) is 11.8 Å². The van der Waals surface area contributed by atoms with Gasteiger partial charge < -0.3 is 19.7 Å². The Labute approximate surface area is 305 Å². The van der Waals surface area contributed by atoms with Gasteiger partial charge in [0.25, 0.3) is 0 Å². The number of carbonyl (C=O) groups excluding carboxylic acids is 3. The van der Waals surface area contributed by atoms with Crippen LogP contribution >= 0.6 is 0 Å². The number of carbonyl (C=O) groups is 3. The third-order valence-corrected chi connectivity index (χ3v) is 9.68. The van der Waals surface area contributed by atoms with Crippen molar-refractivity contribution in [2.75, 3.05) is 13.2 Å². The SMILES string of the molecule is CCCCCCCCCCCCCCCCCCCC(=O)OC[C@H](CO)OC(=O)CCC/C=C\C[C@H]1C=CC(=O)[C@@H]1/C=C/[C@@H](O)CCCCC. The van der Waals surface area contributed by atoms with E-state index in [0.29, 0.717) is 25.7 Å². The maximum atomic E-state index is 12.3. The molecule has 2 N–H and O–H groups in total. The largest absolute Gasteiger partial charge is 0.462 e. The lowest BCUT2D eigenvalue weighted by Gasteiger charge is -2.15. The van der Waals surface area contributed by atoms with E-state index in [4.69, 9.17) is 9.47 Å². The fourth-order valence-corrected chi connectivity index (χ4v) is 6.43. The zero-order chi connectivity index (χ0) is 36.5. The van der Waals surface area contributed by atoms with Crippen molar-refractivity contribution in [2.24, 2.45) is 11.8 Å². The molecule has 50 heavy (non-hydrogen) atoms. The topological polar surface area (TPSA) is 110 Å². The smallest absolute Gasteiger partial charge is 0.306 e. The molecule has 0 aliphatic heterocycles. The van der Waals surface area contributed by atoms with Crippen molar-refractivity contribution in [3.05, 3.63) is 36.5 Å². The molecule has 0 aromatic heterocycles. The summed E-state index contributed by atoms with van der Waals surface area (Å²) in [6.45, 7) is 3.88. The number of esters is 2. The van der Waals surface area contributed by atoms with E-state index < -0.39 is 24.8 Å². The van der Waals surface area contributed by atoms with Gasteiger partial charge in [-0.25, -0.2) is 0 Å².